The normalized spacial score (nSPS) is 11.4. The summed E-state index contributed by atoms with van der Waals surface area (Å²) in [5.41, 5.74) is 6.02. The topological polar surface area (TPSA) is 51.4 Å². The predicted molar refractivity (Wildman–Crippen MR) is 107 cm³/mol. The SMILES string of the molecule is Cn1cc(-c2cnc3[nH]cc(-c4ccn(Cc5cccc(F)c5)c4)c3c2)cn1. The lowest BCUT2D eigenvalue weighted by molar-refractivity contribution is 0.623. The Hall–Kier alpha value is -3.67. The van der Waals surface area contributed by atoms with Gasteiger partial charge in [-0.2, -0.15) is 5.10 Å². The third-order valence-electron chi connectivity index (χ3n) is 4.88. The van der Waals surface area contributed by atoms with Crippen molar-refractivity contribution in [2.45, 2.75) is 6.54 Å². The number of hydrogen-bond donors (Lipinski definition) is 1. The van der Waals surface area contributed by atoms with Crippen molar-refractivity contribution in [2.24, 2.45) is 7.05 Å². The Bertz CT molecular complexity index is 1280. The van der Waals surface area contributed by atoms with Crippen molar-refractivity contribution in [1.82, 2.24) is 24.3 Å². The van der Waals surface area contributed by atoms with E-state index in [4.69, 9.17) is 0 Å². The second kappa shape index (κ2) is 6.49. The molecule has 6 heteroatoms. The second-order valence-electron chi connectivity index (χ2n) is 6.93. The summed E-state index contributed by atoms with van der Waals surface area (Å²) in [5.74, 6) is -0.212. The predicted octanol–water partition coefficient (Wildman–Crippen LogP) is 4.62. The number of pyridine rings is 1. The first-order valence-corrected chi connectivity index (χ1v) is 9.02. The van der Waals surface area contributed by atoms with Gasteiger partial charge < -0.3 is 9.55 Å². The van der Waals surface area contributed by atoms with Crippen LogP contribution in [0.25, 0.3) is 33.3 Å². The molecule has 0 saturated heterocycles. The lowest BCUT2D eigenvalue weighted by Crippen LogP contribution is -1.96. The molecule has 4 aromatic heterocycles. The van der Waals surface area contributed by atoms with Crippen molar-refractivity contribution in [3.63, 3.8) is 0 Å². The third kappa shape index (κ3) is 2.99. The molecular weight excluding hydrogens is 353 g/mol. The first-order chi connectivity index (χ1) is 13.7. The number of aryl methyl sites for hydroxylation is 1. The Labute approximate surface area is 161 Å². The van der Waals surface area contributed by atoms with Crippen LogP contribution in [-0.2, 0) is 13.6 Å². The molecule has 5 nitrogen and oxygen atoms in total. The standard InChI is InChI=1S/C22H18FN5/c1-27-13-18(10-26-27)17-8-20-21(11-25-22(20)24-9-17)16-5-6-28(14-16)12-15-3-2-4-19(23)7-15/h2-11,13-14H,12H2,1H3,(H,24,25). The molecule has 0 aliphatic carbocycles. The minimum Gasteiger partial charge on any atom is -0.349 e. The Morgan fingerprint density at radius 1 is 1.04 bits per heavy atom. The highest BCUT2D eigenvalue weighted by atomic mass is 19.1. The highest BCUT2D eigenvalue weighted by molar-refractivity contribution is 5.95. The fourth-order valence-corrected chi connectivity index (χ4v) is 3.51. The van der Waals surface area contributed by atoms with Crippen LogP contribution in [0.1, 0.15) is 5.56 Å². The largest absolute Gasteiger partial charge is 0.349 e. The zero-order valence-corrected chi connectivity index (χ0v) is 15.3. The van der Waals surface area contributed by atoms with Crippen LogP contribution in [0.15, 0.2) is 73.6 Å². The second-order valence-corrected chi connectivity index (χ2v) is 6.93. The Morgan fingerprint density at radius 3 is 2.79 bits per heavy atom. The molecule has 0 aliphatic rings. The van der Waals surface area contributed by atoms with Crippen molar-refractivity contribution in [3.8, 4) is 22.3 Å². The minimum atomic E-state index is -0.212. The van der Waals surface area contributed by atoms with E-state index in [1.165, 1.54) is 6.07 Å². The van der Waals surface area contributed by atoms with Crippen LogP contribution in [0.2, 0.25) is 0 Å². The van der Waals surface area contributed by atoms with Crippen LogP contribution in [-0.4, -0.2) is 24.3 Å². The van der Waals surface area contributed by atoms with Gasteiger partial charge in [0.2, 0.25) is 0 Å². The molecule has 1 N–H and O–H groups in total. The first-order valence-electron chi connectivity index (χ1n) is 9.02. The van der Waals surface area contributed by atoms with Crippen LogP contribution in [0.4, 0.5) is 4.39 Å². The number of aromatic nitrogens is 5. The molecule has 5 aromatic rings. The van der Waals surface area contributed by atoms with E-state index >= 15 is 0 Å². The number of benzene rings is 1. The van der Waals surface area contributed by atoms with E-state index in [0.717, 1.165) is 38.9 Å². The fraction of sp³-hybridized carbons (Fsp3) is 0.0909. The molecule has 0 spiro atoms. The van der Waals surface area contributed by atoms with Gasteiger partial charge in [-0.25, -0.2) is 9.37 Å². The van der Waals surface area contributed by atoms with Crippen molar-refractivity contribution in [1.29, 1.82) is 0 Å². The van der Waals surface area contributed by atoms with Gasteiger partial charge in [0.05, 0.1) is 6.20 Å². The maximum Gasteiger partial charge on any atom is 0.137 e. The van der Waals surface area contributed by atoms with Crippen molar-refractivity contribution < 1.29 is 4.39 Å². The fourth-order valence-electron chi connectivity index (χ4n) is 3.51. The molecule has 0 atom stereocenters. The molecular formula is C22H18FN5. The summed E-state index contributed by atoms with van der Waals surface area (Å²) >= 11 is 0. The Morgan fingerprint density at radius 2 is 1.96 bits per heavy atom. The van der Waals surface area contributed by atoms with Crippen molar-refractivity contribution in [3.05, 3.63) is 85.0 Å². The van der Waals surface area contributed by atoms with Gasteiger partial charge in [0, 0.05) is 72.2 Å². The van der Waals surface area contributed by atoms with Crippen LogP contribution in [0.3, 0.4) is 0 Å². The first kappa shape index (κ1) is 16.5. The van der Waals surface area contributed by atoms with Crippen LogP contribution in [0, 0.1) is 5.82 Å². The molecule has 0 unspecified atom stereocenters. The maximum atomic E-state index is 13.4. The quantitative estimate of drug-likeness (QED) is 0.501. The minimum absolute atomic E-state index is 0.212. The number of halogens is 1. The van der Waals surface area contributed by atoms with E-state index in [2.05, 4.69) is 38.0 Å². The smallest absolute Gasteiger partial charge is 0.137 e. The van der Waals surface area contributed by atoms with E-state index in [1.54, 1.807) is 16.8 Å². The van der Waals surface area contributed by atoms with E-state index in [-0.39, 0.29) is 5.82 Å². The molecule has 138 valence electrons. The molecule has 1 aromatic carbocycles. The van der Waals surface area contributed by atoms with E-state index in [9.17, 15) is 4.39 Å². The Kier molecular flexibility index (Phi) is 3.83. The highest BCUT2D eigenvalue weighted by Crippen LogP contribution is 2.31. The van der Waals surface area contributed by atoms with Crippen molar-refractivity contribution in [2.75, 3.05) is 0 Å². The number of fused-ring (bicyclic) bond motifs is 1. The molecule has 5 rings (SSSR count). The highest BCUT2D eigenvalue weighted by Gasteiger charge is 2.11. The number of hydrogen-bond acceptors (Lipinski definition) is 2. The monoisotopic (exact) mass is 371 g/mol. The van der Waals surface area contributed by atoms with Gasteiger partial charge in [-0.05, 0) is 29.8 Å². The molecule has 0 saturated carbocycles. The van der Waals surface area contributed by atoms with Crippen molar-refractivity contribution >= 4 is 11.0 Å². The Balaban J connectivity index is 1.50. The third-order valence-corrected chi connectivity index (χ3v) is 4.88. The summed E-state index contributed by atoms with van der Waals surface area (Å²) in [7, 11) is 1.90. The number of nitrogens with one attached hydrogen (secondary N) is 1. The average molecular weight is 371 g/mol. The molecule has 0 fully saturated rings. The maximum absolute atomic E-state index is 13.4. The number of rotatable bonds is 4. The molecule has 0 amide bonds. The number of nitrogens with zero attached hydrogens (tertiary/aromatic N) is 4. The van der Waals surface area contributed by atoms with Gasteiger partial charge in [-0.3, -0.25) is 4.68 Å². The molecule has 28 heavy (non-hydrogen) atoms. The summed E-state index contributed by atoms with van der Waals surface area (Å²) in [5, 5.41) is 5.30. The number of aromatic amines is 1. The van der Waals surface area contributed by atoms with Gasteiger partial charge in [0.25, 0.3) is 0 Å². The zero-order chi connectivity index (χ0) is 19.1. The summed E-state index contributed by atoms with van der Waals surface area (Å²) in [6, 6.07) is 10.9. The lowest BCUT2D eigenvalue weighted by atomic mass is 10.1. The summed E-state index contributed by atoms with van der Waals surface area (Å²) in [6.07, 6.45) is 11.7. The van der Waals surface area contributed by atoms with E-state index in [1.807, 2.05) is 44.1 Å². The zero-order valence-electron chi connectivity index (χ0n) is 15.3. The molecule has 0 radical (unpaired) electrons. The van der Waals surface area contributed by atoms with E-state index in [0.29, 0.717) is 6.54 Å². The molecule has 4 heterocycles. The van der Waals surface area contributed by atoms with Gasteiger partial charge >= 0.3 is 0 Å². The average Bonchev–Trinajstić information content (AvgIpc) is 3.40. The summed E-state index contributed by atoms with van der Waals surface area (Å²) in [6.45, 7) is 0.624. The van der Waals surface area contributed by atoms with Gasteiger partial charge in [-0.1, -0.05) is 12.1 Å². The van der Waals surface area contributed by atoms with Gasteiger partial charge in [0.1, 0.15) is 11.5 Å². The van der Waals surface area contributed by atoms with Crippen LogP contribution in [0.5, 0.6) is 0 Å². The van der Waals surface area contributed by atoms with E-state index < -0.39 is 0 Å². The lowest BCUT2D eigenvalue weighted by Gasteiger charge is -2.03. The number of H-pyrrole nitrogens is 1. The van der Waals surface area contributed by atoms with Crippen LogP contribution < -0.4 is 0 Å². The van der Waals surface area contributed by atoms with Crippen LogP contribution >= 0.6 is 0 Å². The molecule has 0 bridgehead atoms. The summed E-state index contributed by atoms with van der Waals surface area (Å²) < 4.78 is 17.3. The summed E-state index contributed by atoms with van der Waals surface area (Å²) in [4.78, 5) is 7.80. The van der Waals surface area contributed by atoms with Gasteiger partial charge in [-0.15, -0.1) is 0 Å². The van der Waals surface area contributed by atoms with Gasteiger partial charge in [0.15, 0.2) is 0 Å². The molecule has 0 aliphatic heterocycles.